The number of hydrogen-bond acceptors (Lipinski definition) is 2. The fourth-order valence-corrected chi connectivity index (χ4v) is 1.00. The van der Waals surface area contributed by atoms with E-state index < -0.39 is 0 Å². The first-order chi connectivity index (χ1) is 3.93. The van der Waals surface area contributed by atoms with Crippen molar-refractivity contribution in [1.82, 2.24) is 10.6 Å². The first-order valence-corrected chi connectivity index (χ1v) is 3.37. The van der Waals surface area contributed by atoms with Crippen LogP contribution in [0.5, 0.6) is 0 Å². The van der Waals surface area contributed by atoms with E-state index in [1.165, 1.54) is 6.42 Å². The van der Waals surface area contributed by atoms with Gasteiger partial charge in [0.2, 0.25) is 0 Å². The van der Waals surface area contributed by atoms with Crippen LogP contribution in [0.3, 0.4) is 0 Å². The fourth-order valence-electron chi connectivity index (χ4n) is 1.00. The van der Waals surface area contributed by atoms with E-state index in [2.05, 4.69) is 17.6 Å². The molecular formula is C6H14N2. The maximum absolute atomic E-state index is 3.41. The molecule has 0 saturated carbocycles. The minimum Gasteiger partial charge on any atom is -0.314 e. The second-order valence-electron chi connectivity index (χ2n) is 2.26. The van der Waals surface area contributed by atoms with Gasteiger partial charge in [-0.3, -0.25) is 0 Å². The quantitative estimate of drug-likeness (QED) is 0.500. The Hall–Kier alpha value is -0.0800. The molecule has 0 amide bonds. The maximum atomic E-state index is 3.41. The molecule has 2 nitrogen and oxygen atoms in total. The van der Waals surface area contributed by atoms with Crippen molar-refractivity contribution in [3.63, 3.8) is 0 Å². The molecule has 1 rings (SSSR count). The monoisotopic (exact) mass is 114 g/mol. The smallest absolute Gasteiger partial charge is 0.0190 e. The van der Waals surface area contributed by atoms with Crippen molar-refractivity contribution in [1.29, 1.82) is 0 Å². The van der Waals surface area contributed by atoms with E-state index in [0.29, 0.717) is 0 Å². The number of rotatable bonds is 1. The Kier molecular flexibility index (Phi) is 2.30. The van der Waals surface area contributed by atoms with Crippen LogP contribution in [0.15, 0.2) is 0 Å². The predicted molar refractivity (Wildman–Crippen MR) is 35.0 cm³/mol. The van der Waals surface area contributed by atoms with Gasteiger partial charge in [0.1, 0.15) is 0 Å². The third kappa shape index (κ3) is 1.46. The van der Waals surface area contributed by atoms with Crippen LogP contribution in [-0.2, 0) is 0 Å². The van der Waals surface area contributed by atoms with Crippen molar-refractivity contribution in [2.75, 3.05) is 19.6 Å². The standard InChI is InChI=1S/C6H14N2/c1-2-6-5-7-3-4-8-6/h6-8H,2-5H2,1H3/t6-/m1/s1. The van der Waals surface area contributed by atoms with Gasteiger partial charge >= 0.3 is 0 Å². The van der Waals surface area contributed by atoms with E-state index in [1.54, 1.807) is 0 Å². The molecular weight excluding hydrogens is 100 g/mol. The van der Waals surface area contributed by atoms with Gasteiger partial charge in [-0.25, -0.2) is 0 Å². The summed E-state index contributed by atoms with van der Waals surface area (Å²) < 4.78 is 0. The van der Waals surface area contributed by atoms with Crippen molar-refractivity contribution in [3.05, 3.63) is 0 Å². The largest absolute Gasteiger partial charge is 0.314 e. The average Bonchev–Trinajstić information content (AvgIpc) is 1.90. The lowest BCUT2D eigenvalue weighted by atomic mass is 10.2. The molecule has 1 fully saturated rings. The summed E-state index contributed by atoms with van der Waals surface area (Å²) >= 11 is 0. The summed E-state index contributed by atoms with van der Waals surface area (Å²) in [5.41, 5.74) is 0. The SMILES string of the molecule is CC[C@@H]1CNCCN1. The molecule has 0 aromatic carbocycles. The van der Waals surface area contributed by atoms with Gasteiger partial charge in [0.05, 0.1) is 0 Å². The fraction of sp³-hybridized carbons (Fsp3) is 1.00. The highest BCUT2D eigenvalue weighted by molar-refractivity contribution is 4.72. The highest BCUT2D eigenvalue weighted by Gasteiger charge is 2.07. The number of piperazine rings is 1. The van der Waals surface area contributed by atoms with Crippen LogP contribution in [0, 0.1) is 0 Å². The molecule has 1 atom stereocenters. The minimum absolute atomic E-state index is 0.726. The molecule has 0 radical (unpaired) electrons. The number of hydrogen-bond donors (Lipinski definition) is 2. The Morgan fingerprint density at radius 1 is 1.50 bits per heavy atom. The molecule has 1 aliphatic heterocycles. The van der Waals surface area contributed by atoms with Gasteiger partial charge in [0, 0.05) is 25.7 Å². The van der Waals surface area contributed by atoms with Crippen molar-refractivity contribution in [3.8, 4) is 0 Å². The van der Waals surface area contributed by atoms with Gasteiger partial charge in [0.25, 0.3) is 0 Å². The van der Waals surface area contributed by atoms with Crippen LogP contribution in [0.2, 0.25) is 0 Å². The Morgan fingerprint density at radius 2 is 2.38 bits per heavy atom. The Morgan fingerprint density at radius 3 is 2.75 bits per heavy atom. The molecule has 0 aliphatic carbocycles. The summed E-state index contributed by atoms with van der Waals surface area (Å²) in [5, 5.41) is 6.73. The summed E-state index contributed by atoms with van der Waals surface area (Å²) in [6.07, 6.45) is 1.24. The lowest BCUT2D eigenvalue weighted by Gasteiger charge is -2.22. The molecule has 0 bridgehead atoms. The zero-order valence-electron chi connectivity index (χ0n) is 5.41. The lowest BCUT2D eigenvalue weighted by Crippen LogP contribution is -2.47. The van der Waals surface area contributed by atoms with E-state index >= 15 is 0 Å². The molecule has 0 aromatic rings. The molecule has 48 valence electrons. The van der Waals surface area contributed by atoms with E-state index in [0.717, 1.165) is 25.7 Å². The van der Waals surface area contributed by atoms with E-state index in [1.807, 2.05) is 0 Å². The molecule has 0 aromatic heterocycles. The van der Waals surface area contributed by atoms with Crippen LogP contribution in [-0.4, -0.2) is 25.7 Å². The Bertz CT molecular complexity index is 57.5. The molecule has 1 heterocycles. The molecule has 0 unspecified atom stereocenters. The summed E-state index contributed by atoms with van der Waals surface area (Å²) in [6.45, 7) is 5.64. The normalized spacial score (nSPS) is 30.4. The molecule has 2 N–H and O–H groups in total. The van der Waals surface area contributed by atoms with E-state index in [9.17, 15) is 0 Å². The highest BCUT2D eigenvalue weighted by atomic mass is 15.0. The third-order valence-electron chi connectivity index (χ3n) is 1.62. The third-order valence-corrected chi connectivity index (χ3v) is 1.62. The van der Waals surface area contributed by atoms with Gasteiger partial charge in [-0.15, -0.1) is 0 Å². The van der Waals surface area contributed by atoms with Crippen molar-refractivity contribution >= 4 is 0 Å². The van der Waals surface area contributed by atoms with Crippen molar-refractivity contribution in [2.45, 2.75) is 19.4 Å². The molecule has 2 heteroatoms. The van der Waals surface area contributed by atoms with Gasteiger partial charge in [-0.05, 0) is 6.42 Å². The average molecular weight is 114 g/mol. The topological polar surface area (TPSA) is 24.1 Å². The first kappa shape index (κ1) is 6.05. The Balaban J connectivity index is 2.13. The minimum atomic E-state index is 0.726. The van der Waals surface area contributed by atoms with Gasteiger partial charge in [-0.2, -0.15) is 0 Å². The lowest BCUT2D eigenvalue weighted by molar-refractivity contribution is 0.410. The molecule has 8 heavy (non-hydrogen) atoms. The van der Waals surface area contributed by atoms with Gasteiger partial charge in [0.15, 0.2) is 0 Å². The predicted octanol–water partition coefficient (Wildman–Crippen LogP) is -0.0422. The second kappa shape index (κ2) is 3.05. The first-order valence-electron chi connectivity index (χ1n) is 3.37. The van der Waals surface area contributed by atoms with Crippen molar-refractivity contribution < 1.29 is 0 Å². The molecule has 1 aliphatic rings. The zero-order chi connectivity index (χ0) is 5.82. The van der Waals surface area contributed by atoms with Crippen LogP contribution in [0.25, 0.3) is 0 Å². The van der Waals surface area contributed by atoms with Crippen LogP contribution < -0.4 is 10.6 Å². The van der Waals surface area contributed by atoms with E-state index in [-0.39, 0.29) is 0 Å². The van der Waals surface area contributed by atoms with Crippen LogP contribution in [0.4, 0.5) is 0 Å². The van der Waals surface area contributed by atoms with Gasteiger partial charge in [-0.1, -0.05) is 6.92 Å². The zero-order valence-corrected chi connectivity index (χ0v) is 5.41. The van der Waals surface area contributed by atoms with Crippen molar-refractivity contribution in [2.24, 2.45) is 0 Å². The van der Waals surface area contributed by atoms with Crippen LogP contribution in [0.1, 0.15) is 13.3 Å². The summed E-state index contributed by atoms with van der Waals surface area (Å²) in [4.78, 5) is 0. The van der Waals surface area contributed by atoms with Gasteiger partial charge < -0.3 is 10.6 Å². The maximum Gasteiger partial charge on any atom is 0.0190 e. The summed E-state index contributed by atoms with van der Waals surface area (Å²) in [7, 11) is 0. The second-order valence-corrected chi connectivity index (χ2v) is 2.26. The molecule has 1 saturated heterocycles. The molecule has 0 spiro atoms. The van der Waals surface area contributed by atoms with Crippen LogP contribution >= 0.6 is 0 Å². The summed E-state index contributed by atoms with van der Waals surface area (Å²) in [6, 6.07) is 0.726. The summed E-state index contributed by atoms with van der Waals surface area (Å²) in [5.74, 6) is 0. The van der Waals surface area contributed by atoms with E-state index in [4.69, 9.17) is 0 Å². The highest BCUT2D eigenvalue weighted by Crippen LogP contribution is 1.90. The number of nitrogens with one attached hydrogen (secondary N) is 2. The Labute approximate surface area is 50.7 Å².